The lowest BCUT2D eigenvalue weighted by Gasteiger charge is -2.39. The number of H-pyrrole nitrogens is 1. The number of amides is 1. The highest BCUT2D eigenvalue weighted by molar-refractivity contribution is 7.92. The minimum atomic E-state index is -4.42. The summed E-state index contributed by atoms with van der Waals surface area (Å²) in [5, 5.41) is 16.2. The Morgan fingerprint density at radius 2 is 1.79 bits per heavy atom. The predicted molar refractivity (Wildman–Crippen MR) is 268 cm³/mol. The van der Waals surface area contributed by atoms with Crippen LogP contribution in [0.5, 0.6) is 11.5 Å². The molecule has 3 aromatic carbocycles. The van der Waals surface area contributed by atoms with Gasteiger partial charge in [0.25, 0.3) is 5.69 Å². The Balaban J connectivity index is 0.984. The fraction of sp³-hybridized carbons (Fsp3) is 0.442. The van der Waals surface area contributed by atoms with Crippen LogP contribution in [0.2, 0.25) is 0 Å². The van der Waals surface area contributed by atoms with Crippen molar-refractivity contribution in [2.75, 3.05) is 89.0 Å². The van der Waals surface area contributed by atoms with E-state index in [9.17, 15) is 41.3 Å². The van der Waals surface area contributed by atoms with Gasteiger partial charge in [-0.15, -0.1) is 0 Å². The summed E-state index contributed by atoms with van der Waals surface area (Å²) in [4.78, 5) is 53.7. The maximum Gasteiger partial charge on any atom is 0.416 e. The molecule has 1 aliphatic carbocycles. The molecule has 2 fully saturated rings. The summed E-state index contributed by atoms with van der Waals surface area (Å²) < 4.78 is 75.0. The van der Waals surface area contributed by atoms with Crippen LogP contribution in [-0.2, 0) is 20.8 Å². The number of Topliss-reactive ketones (excluding diaryl/α,β-unsaturated/α-hetero) is 1. The molecule has 19 heteroatoms. The molecular weight excluding hydrogens is 938 g/mol. The Kier molecular flexibility index (Phi) is 15.0. The summed E-state index contributed by atoms with van der Waals surface area (Å²) in [6.45, 7) is 11.2. The van der Waals surface area contributed by atoms with Crippen molar-refractivity contribution in [1.29, 1.82) is 0 Å². The highest BCUT2D eigenvalue weighted by Crippen LogP contribution is 2.45. The standard InChI is InChI=1S/C52H61F3N8O7S/c1-34-23-38(52(53,54)55)8-11-42(34)44-27-51(2,3)16-14-37(44)31-60-19-21-61(22-20-60)39-9-12-43(48(25-39)70-40-24-36-15-17-56-50(36)58-29-40)47(64)33-71(68,69)41-10-13-45(46(26-41)63(66)67)57-28-35-7-6-18-62(30-35)49(65)32-59(4)5/h8-13,15,17,23-26,29,35,57H,6-7,14,16,18-22,27-28,30-33H2,1-5H3,(H,56,58). The number of ketones is 1. The van der Waals surface area contributed by atoms with Crippen molar-refractivity contribution in [2.45, 2.75) is 63.9 Å². The molecule has 2 N–H and O–H groups in total. The maximum atomic E-state index is 14.2. The van der Waals surface area contributed by atoms with Crippen LogP contribution in [0.3, 0.4) is 0 Å². The number of alkyl halides is 3. The number of nitro benzene ring substituents is 1. The van der Waals surface area contributed by atoms with Gasteiger partial charge in [-0.05, 0) is 130 Å². The largest absolute Gasteiger partial charge is 0.455 e. The molecule has 1 amide bonds. The van der Waals surface area contributed by atoms with Crippen LogP contribution in [0.4, 0.5) is 30.2 Å². The van der Waals surface area contributed by atoms with Crippen molar-refractivity contribution >= 4 is 55.2 Å². The molecule has 4 heterocycles. The number of ether oxygens (including phenoxy) is 1. The number of carbonyl (C=O) groups is 2. The molecule has 0 spiro atoms. The van der Waals surface area contributed by atoms with Gasteiger partial charge in [0.05, 0.1) is 33.7 Å². The number of aromatic nitrogens is 2. The number of benzene rings is 3. The van der Waals surface area contributed by atoms with Crippen LogP contribution in [-0.4, -0.2) is 128 Å². The van der Waals surface area contributed by atoms with E-state index in [1.54, 1.807) is 53.3 Å². The number of likely N-dealkylation sites (tertiary alicyclic amines) is 1. The Bertz CT molecular complexity index is 2960. The van der Waals surface area contributed by atoms with Crippen LogP contribution in [0.15, 0.2) is 89.6 Å². The summed E-state index contributed by atoms with van der Waals surface area (Å²) in [5.74, 6) is -1.28. The minimum absolute atomic E-state index is 0.00162. The van der Waals surface area contributed by atoms with E-state index in [4.69, 9.17) is 4.74 Å². The zero-order chi connectivity index (χ0) is 50.8. The highest BCUT2D eigenvalue weighted by Gasteiger charge is 2.34. The smallest absolute Gasteiger partial charge is 0.416 e. The van der Waals surface area contributed by atoms with E-state index in [0.717, 1.165) is 60.4 Å². The molecule has 1 unspecified atom stereocenters. The quantitative estimate of drug-likeness (QED) is 0.0546. The van der Waals surface area contributed by atoms with Crippen LogP contribution in [0, 0.1) is 28.4 Å². The van der Waals surface area contributed by atoms with Crippen molar-refractivity contribution in [3.05, 3.63) is 117 Å². The van der Waals surface area contributed by atoms with Crippen molar-refractivity contribution in [2.24, 2.45) is 11.3 Å². The van der Waals surface area contributed by atoms with Gasteiger partial charge in [0.2, 0.25) is 5.91 Å². The summed E-state index contributed by atoms with van der Waals surface area (Å²) >= 11 is 0. The fourth-order valence-corrected chi connectivity index (χ4v) is 11.2. The van der Waals surface area contributed by atoms with Crippen molar-refractivity contribution in [1.82, 2.24) is 24.7 Å². The molecule has 1 atom stereocenters. The number of halogens is 3. The third-order valence-corrected chi connectivity index (χ3v) is 15.4. The zero-order valence-electron chi connectivity index (χ0n) is 40.8. The van der Waals surface area contributed by atoms with Crippen LogP contribution in [0.25, 0.3) is 16.6 Å². The number of hydrogen-bond acceptors (Lipinski definition) is 12. The molecule has 3 aliphatic rings. The van der Waals surface area contributed by atoms with Crippen LogP contribution < -0.4 is 15.0 Å². The van der Waals surface area contributed by atoms with Crippen molar-refractivity contribution < 1.29 is 40.8 Å². The first-order valence-corrected chi connectivity index (χ1v) is 25.6. The fourth-order valence-electron chi connectivity index (χ4n) is 9.95. The number of sulfone groups is 1. The van der Waals surface area contributed by atoms with Crippen molar-refractivity contribution in [3.63, 3.8) is 0 Å². The number of nitrogens with one attached hydrogen (secondary N) is 2. The molecule has 2 aliphatic heterocycles. The maximum absolute atomic E-state index is 14.2. The number of rotatable bonds is 16. The Morgan fingerprint density at radius 3 is 2.51 bits per heavy atom. The van der Waals surface area contributed by atoms with Gasteiger partial charge in [-0.1, -0.05) is 25.5 Å². The summed E-state index contributed by atoms with van der Waals surface area (Å²) in [5.41, 5.74) is 4.23. The lowest BCUT2D eigenvalue weighted by molar-refractivity contribution is -0.384. The number of aryl methyl sites for hydroxylation is 1. The van der Waals surface area contributed by atoms with Gasteiger partial charge >= 0.3 is 6.18 Å². The summed E-state index contributed by atoms with van der Waals surface area (Å²) in [6.07, 6.45) is 3.02. The third kappa shape index (κ3) is 12.2. The van der Waals surface area contributed by atoms with E-state index in [2.05, 4.69) is 38.9 Å². The summed E-state index contributed by atoms with van der Waals surface area (Å²) in [7, 11) is -0.757. The average Bonchev–Trinajstić information content (AvgIpc) is 3.79. The Morgan fingerprint density at radius 1 is 1.01 bits per heavy atom. The number of allylic oxidation sites excluding steroid dienone is 1. The molecular formula is C52H61F3N8O7S. The summed E-state index contributed by atoms with van der Waals surface area (Å²) in [6, 6.07) is 16.2. The first-order chi connectivity index (χ1) is 33.6. The van der Waals surface area contributed by atoms with Gasteiger partial charge in [-0.25, -0.2) is 13.4 Å². The number of aromatic amines is 1. The Hall–Kier alpha value is -6.31. The number of anilines is 2. The average molecular weight is 999 g/mol. The molecule has 8 rings (SSSR count). The number of pyridine rings is 1. The van der Waals surface area contributed by atoms with E-state index in [0.29, 0.717) is 69.3 Å². The van der Waals surface area contributed by atoms with E-state index in [1.807, 2.05) is 20.2 Å². The molecule has 2 saturated heterocycles. The Labute approximate surface area is 412 Å². The van der Waals surface area contributed by atoms with Gasteiger partial charge in [0, 0.05) is 81.8 Å². The minimum Gasteiger partial charge on any atom is -0.455 e. The first-order valence-electron chi connectivity index (χ1n) is 23.9. The number of piperazine rings is 1. The highest BCUT2D eigenvalue weighted by atomic mass is 32.2. The number of hydrogen-bond donors (Lipinski definition) is 2. The van der Waals surface area contributed by atoms with E-state index in [1.165, 1.54) is 36.0 Å². The van der Waals surface area contributed by atoms with Gasteiger partial charge < -0.3 is 29.7 Å². The van der Waals surface area contributed by atoms with Crippen LogP contribution in [0.1, 0.15) is 73.0 Å². The number of carbonyl (C=O) groups excluding carboxylic acids is 2. The molecule has 5 aromatic rings. The van der Waals surface area contributed by atoms with Gasteiger partial charge in [0.15, 0.2) is 15.6 Å². The molecule has 2 aromatic heterocycles. The van der Waals surface area contributed by atoms with Crippen LogP contribution >= 0.6 is 0 Å². The number of likely N-dealkylation sites (N-methyl/N-ethyl adjacent to an activating group) is 1. The molecule has 0 saturated carbocycles. The van der Waals surface area contributed by atoms with Gasteiger partial charge in [-0.2, -0.15) is 13.2 Å². The molecule has 0 radical (unpaired) electrons. The zero-order valence-corrected chi connectivity index (χ0v) is 41.6. The molecule has 71 heavy (non-hydrogen) atoms. The second-order valence-corrected chi connectivity index (χ2v) is 22.2. The second-order valence-electron chi connectivity index (χ2n) is 20.2. The first kappa shape index (κ1) is 51.1. The molecule has 0 bridgehead atoms. The van der Waals surface area contributed by atoms with Crippen molar-refractivity contribution in [3.8, 4) is 11.5 Å². The molecule has 378 valence electrons. The van der Waals surface area contributed by atoms with Gasteiger partial charge in [0.1, 0.15) is 28.6 Å². The normalized spacial score (nSPS) is 18.0. The van der Waals surface area contributed by atoms with Gasteiger partial charge in [-0.3, -0.25) is 24.6 Å². The lowest BCUT2D eigenvalue weighted by Crippen LogP contribution is -2.47. The number of nitro groups is 1. The van der Waals surface area contributed by atoms with E-state index >= 15 is 0 Å². The number of nitrogens with zero attached hydrogens (tertiary/aromatic N) is 6. The second kappa shape index (κ2) is 20.8. The molecule has 15 nitrogen and oxygen atoms in total. The predicted octanol–water partition coefficient (Wildman–Crippen LogP) is 9.25. The third-order valence-electron chi connectivity index (χ3n) is 13.8. The van der Waals surface area contributed by atoms with E-state index in [-0.39, 0.29) is 45.7 Å². The van der Waals surface area contributed by atoms with E-state index < -0.39 is 43.7 Å². The monoisotopic (exact) mass is 998 g/mol. The lowest BCUT2D eigenvalue weighted by atomic mass is 9.72. The topological polar surface area (TPSA) is 174 Å². The SMILES string of the molecule is Cc1cc(C(F)(F)F)ccc1C1=C(CN2CCN(c3ccc(C(=O)CS(=O)(=O)c4ccc(NCC5CCCN(C(=O)CN(C)C)C5)c([N+](=O)[O-])c4)c(Oc4cnc5[nH]ccc5c4)c3)CC2)CCC(C)(C)C1. The number of fused-ring (bicyclic) bond motifs is 1. The number of piperidine rings is 1.